The fraction of sp³-hybridized carbons (Fsp3) is 0.636. The quantitative estimate of drug-likeness (QED) is 0.826. The Labute approximate surface area is 157 Å². The van der Waals surface area contributed by atoms with E-state index in [9.17, 15) is 5.11 Å². The van der Waals surface area contributed by atoms with Gasteiger partial charge in [0.15, 0.2) is 0 Å². The molecule has 1 fully saturated rings. The number of phenolic OH excluding ortho intramolecular Hbond substituents is 1. The van der Waals surface area contributed by atoms with Crippen molar-refractivity contribution in [3.05, 3.63) is 29.5 Å². The molecule has 4 nitrogen and oxygen atoms in total. The number of nitrogens with zero attached hydrogens (tertiary/aromatic N) is 2. The largest absolute Gasteiger partial charge is 0.508 e. The van der Waals surface area contributed by atoms with Crippen molar-refractivity contribution in [2.75, 3.05) is 32.7 Å². The van der Waals surface area contributed by atoms with Crippen LogP contribution in [0.4, 0.5) is 0 Å². The summed E-state index contributed by atoms with van der Waals surface area (Å²) in [6, 6.07) is 6.92. The van der Waals surface area contributed by atoms with Gasteiger partial charge in [-0.15, -0.1) is 0 Å². The Kier molecular flexibility index (Phi) is 5.51. The minimum atomic E-state index is 0.418. The molecule has 1 saturated heterocycles. The normalized spacial score (nSPS) is 21.2. The molecule has 4 rings (SSSR count). The van der Waals surface area contributed by atoms with Gasteiger partial charge in [-0.05, 0) is 62.5 Å². The maximum atomic E-state index is 10.1. The minimum Gasteiger partial charge on any atom is -0.508 e. The number of unbranched alkanes of at least 4 members (excludes halogenated alkanes) is 1. The van der Waals surface area contributed by atoms with Gasteiger partial charge in [0, 0.05) is 43.2 Å². The highest BCUT2D eigenvalue weighted by Gasteiger charge is 2.25. The van der Waals surface area contributed by atoms with Crippen LogP contribution < -0.4 is 5.32 Å². The molecule has 0 amide bonds. The molecule has 2 aliphatic rings. The predicted molar refractivity (Wildman–Crippen MR) is 108 cm³/mol. The molecule has 2 aliphatic heterocycles. The van der Waals surface area contributed by atoms with E-state index < -0.39 is 0 Å². The van der Waals surface area contributed by atoms with Gasteiger partial charge in [0.1, 0.15) is 5.75 Å². The average Bonchev–Trinajstić information content (AvgIpc) is 2.82. The molecule has 1 unspecified atom stereocenters. The molecule has 3 heterocycles. The number of rotatable bonds is 6. The third kappa shape index (κ3) is 3.63. The summed E-state index contributed by atoms with van der Waals surface area (Å²) in [7, 11) is 0. The second kappa shape index (κ2) is 8.01. The number of hydrogen-bond donors (Lipinski definition) is 2. The first-order valence-corrected chi connectivity index (χ1v) is 10.5. The van der Waals surface area contributed by atoms with Gasteiger partial charge in [0.25, 0.3) is 0 Å². The molecule has 1 aromatic carbocycles. The summed E-state index contributed by atoms with van der Waals surface area (Å²) in [5.41, 5.74) is 4.19. The van der Waals surface area contributed by atoms with Crippen LogP contribution in [0.3, 0.4) is 0 Å². The first-order valence-electron chi connectivity index (χ1n) is 10.5. The number of aromatic nitrogens is 1. The van der Waals surface area contributed by atoms with Crippen LogP contribution >= 0.6 is 0 Å². The molecule has 0 saturated carbocycles. The van der Waals surface area contributed by atoms with Crippen LogP contribution in [0.1, 0.15) is 56.3 Å². The first kappa shape index (κ1) is 17.9. The minimum absolute atomic E-state index is 0.418. The fourth-order valence-electron chi connectivity index (χ4n) is 4.86. The van der Waals surface area contributed by atoms with Gasteiger partial charge in [-0.3, -0.25) is 0 Å². The number of phenols is 1. The third-order valence-electron chi connectivity index (χ3n) is 6.20. The van der Waals surface area contributed by atoms with Crippen LogP contribution in [0.15, 0.2) is 18.2 Å². The van der Waals surface area contributed by atoms with E-state index in [0.29, 0.717) is 11.8 Å². The standard InChI is InChI=1S/C22H33N3O/c1-2-3-5-19-7-6-17-15-21(26)16-18-14-20(25(19)22(17)18)8-12-24-11-4-9-23-10-13-24/h14-16,19,23,26H,2-13H2,1H3. The molecular weight excluding hydrogens is 322 g/mol. The zero-order valence-electron chi connectivity index (χ0n) is 16.1. The SMILES string of the molecule is CCCCC1CCc2cc(O)cc3cc(CCN4CCCNCC4)n1c23. The maximum absolute atomic E-state index is 10.1. The Morgan fingerprint density at radius 2 is 2.12 bits per heavy atom. The van der Waals surface area contributed by atoms with E-state index in [2.05, 4.69) is 27.8 Å². The van der Waals surface area contributed by atoms with E-state index in [4.69, 9.17) is 0 Å². The van der Waals surface area contributed by atoms with Gasteiger partial charge < -0.3 is 19.9 Å². The lowest BCUT2D eigenvalue weighted by Gasteiger charge is -2.29. The van der Waals surface area contributed by atoms with E-state index in [1.54, 1.807) is 0 Å². The molecule has 0 spiro atoms. The summed E-state index contributed by atoms with van der Waals surface area (Å²) in [4.78, 5) is 2.60. The van der Waals surface area contributed by atoms with Crippen LogP contribution in [0, 0.1) is 0 Å². The van der Waals surface area contributed by atoms with Gasteiger partial charge in [-0.1, -0.05) is 19.8 Å². The van der Waals surface area contributed by atoms with Crippen LogP contribution in [-0.2, 0) is 12.8 Å². The molecular formula is C22H33N3O. The molecule has 2 aromatic rings. The second-order valence-electron chi connectivity index (χ2n) is 8.08. The maximum Gasteiger partial charge on any atom is 0.116 e. The summed E-state index contributed by atoms with van der Waals surface area (Å²) in [5, 5.41) is 14.8. The van der Waals surface area contributed by atoms with Crippen LogP contribution in [0.5, 0.6) is 5.75 Å². The summed E-state index contributed by atoms with van der Waals surface area (Å²) < 4.78 is 2.64. The Bertz CT molecular complexity index is 743. The van der Waals surface area contributed by atoms with Crippen molar-refractivity contribution in [1.82, 2.24) is 14.8 Å². The molecule has 142 valence electrons. The van der Waals surface area contributed by atoms with Gasteiger partial charge >= 0.3 is 0 Å². The zero-order valence-corrected chi connectivity index (χ0v) is 16.1. The van der Waals surface area contributed by atoms with E-state index in [0.717, 1.165) is 39.0 Å². The Morgan fingerprint density at radius 1 is 1.19 bits per heavy atom. The van der Waals surface area contributed by atoms with Gasteiger partial charge in [0.2, 0.25) is 0 Å². The zero-order chi connectivity index (χ0) is 17.9. The third-order valence-corrected chi connectivity index (χ3v) is 6.20. The number of hydrogen-bond acceptors (Lipinski definition) is 3. The Morgan fingerprint density at radius 3 is 3.00 bits per heavy atom. The molecule has 0 bridgehead atoms. The van der Waals surface area contributed by atoms with E-state index in [-0.39, 0.29) is 0 Å². The van der Waals surface area contributed by atoms with Crippen molar-refractivity contribution < 1.29 is 5.11 Å². The highest BCUT2D eigenvalue weighted by atomic mass is 16.3. The number of aromatic hydroxyl groups is 1. The van der Waals surface area contributed by atoms with Crippen LogP contribution in [0.2, 0.25) is 0 Å². The van der Waals surface area contributed by atoms with Gasteiger partial charge in [-0.25, -0.2) is 0 Å². The average molecular weight is 356 g/mol. The van der Waals surface area contributed by atoms with Crippen molar-refractivity contribution in [3.63, 3.8) is 0 Å². The lowest BCUT2D eigenvalue weighted by Crippen LogP contribution is -2.30. The molecule has 0 radical (unpaired) electrons. The predicted octanol–water partition coefficient (Wildman–Crippen LogP) is 3.86. The number of aryl methyl sites for hydroxylation is 1. The molecule has 1 atom stereocenters. The van der Waals surface area contributed by atoms with E-state index >= 15 is 0 Å². The molecule has 4 heteroatoms. The Hall–Kier alpha value is -1.52. The van der Waals surface area contributed by atoms with E-state index in [1.165, 1.54) is 60.8 Å². The topological polar surface area (TPSA) is 40.4 Å². The highest BCUT2D eigenvalue weighted by molar-refractivity contribution is 5.86. The smallest absolute Gasteiger partial charge is 0.116 e. The first-order chi connectivity index (χ1) is 12.8. The second-order valence-corrected chi connectivity index (χ2v) is 8.08. The van der Waals surface area contributed by atoms with Gasteiger partial charge in [0.05, 0.1) is 5.52 Å². The van der Waals surface area contributed by atoms with Crippen molar-refractivity contribution in [2.45, 2.75) is 57.9 Å². The summed E-state index contributed by atoms with van der Waals surface area (Å²) in [5.74, 6) is 0.418. The number of benzene rings is 1. The van der Waals surface area contributed by atoms with Crippen molar-refractivity contribution in [3.8, 4) is 5.75 Å². The van der Waals surface area contributed by atoms with E-state index in [1.807, 2.05) is 12.1 Å². The lowest BCUT2D eigenvalue weighted by molar-refractivity contribution is 0.292. The van der Waals surface area contributed by atoms with Crippen LogP contribution in [-0.4, -0.2) is 47.3 Å². The Balaban J connectivity index is 1.62. The fourth-order valence-corrected chi connectivity index (χ4v) is 4.86. The molecule has 0 aliphatic carbocycles. The van der Waals surface area contributed by atoms with Crippen molar-refractivity contribution in [2.24, 2.45) is 0 Å². The monoisotopic (exact) mass is 355 g/mol. The van der Waals surface area contributed by atoms with Crippen LogP contribution in [0.25, 0.3) is 10.9 Å². The lowest BCUT2D eigenvalue weighted by atomic mass is 9.95. The highest BCUT2D eigenvalue weighted by Crippen LogP contribution is 2.38. The summed E-state index contributed by atoms with van der Waals surface area (Å²) in [6.07, 6.45) is 8.51. The van der Waals surface area contributed by atoms with Gasteiger partial charge in [-0.2, -0.15) is 0 Å². The van der Waals surface area contributed by atoms with Crippen molar-refractivity contribution in [1.29, 1.82) is 0 Å². The molecule has 26 heavy (non-hydrogen) atoms. The number of nitrogens with one attached hydrogen (secondary N) is 1. The molecule has 1 aromatic heterocycles. The molecule has 2 N–H and O–H groups in total. The summed E-state index contributed by atoms with van der Waals surface area (Å²) >= 11 is 0. The van der Waals surface area contributed by atoms with Crippen molar-refractivity contribution >= 4 is 10.9 Å². The summed E-state index contributed by atoms with van der Waals surface area (Å²) in [6.45, 7) is 8.05.